The number of methoxy groups -OCH3 is 1. The van der Waals surface area contributed by atoms with Crippen LogP contribution in [0, 0.1) is 6.92 Å². The van der Waals surface area contributed by atoms with Crippen molar-refractivity contribution in [3.8, 4) is 11.5 Å². The van der Waals surface area contributed by atoms with Gasteiger partial charge < -0.3 is 19.7 Å². The zero-order chi connectivity index (χ0) is 19.1. The van der Waals surface area contributed by atoms with E-state index in [0.717, 1.165) is 55.0 Å². The predicted octanol–water partition coefficient (Wildman–Crippen LogP) is 3.40. The minimum absolute atomic E-state index is 0.679. The van der Waals surface area contributed by atoms with Gasteiger partial charge in [0.25, 0.3) is 0 Å². The van der Waals surface area contributed by atoms with Gasteiger partial charge in [0.05, 0.1) is 7.11 Å². The molecular weight excluding hydrogens is 358 g/mol. The number of anilines is 1. The van der Waals surface area contributed by atoms with Gasteiger partial charge in [0.2, 0.25) is 0 Å². The van der Waals surface area contributed by atoms with E-state index in [1.165, 1.54) is 5.56 Å². The van der Waals surface area contributed by atoms with Gasteiger partial charge in [-0.3, -0.25) is 4.90 Å². The number of benzene rings is 2. The fourth-order valence-electron chi connectivity index (χ4n) is 3.06. The molecule has 2 aromatic rings. The highest BCUT2D eigenvalue weighted by Crippen LogP contribution is 2.17. The zero-order valence-electron chi connectivity index (χ0n) is 16.0. The van der Waals surface area contributed by atoms with Gasteiger partial charge in [0, 0.05) is 38.4 Å². The summed E-state index contributed by atoms with van der Waals surface area (Å²) >= 11 is 5.57. The molecule has 27 heavy (non-hydrogen) atoms. The molecule has 0 aromatic heterocycles. The Kier molecular flexibility index (Phi) is 6.90. The summed E-state index contributed by atoms with van der Waals surface area (Å²) in [4.78, 5) is 4.65. The Hall–Kier alpha value is -2.31. The van der Waals surface area contributed by atoms with Gasteiger partial charge in [-0.25, -0.2) is 0 Å². The summed E-state index contributed by atoms with van der Waals surface area (Å²) in [7, 11) is 1.66. The molecule has 0 amide bonds. The van der Waals surface area contributed by atoms with Crippen LogP contribution in [0.3, 0.4) is 0 Å². The summed E-state index contributed by atoms with van der Waals surface area (Å²) in [6.45, 7) is 7.51. The molecule has 1 saturated heterocycles. The average Bonchev–Trinajstić information content (AvgIpc) is 2.69. The van der Waals surface area contributed by atoms with Crippen LogP contribution in [-0.2, 0) is 0 Å². The smallest absolute Gasteiger partial charge is 0.173 e. The fraction of sp³-hybridized carbons (Fsp3) is 0.381. The van der Waals surface area contributed by atoms with E-state index < -0.39 is 0 Å². The van der Waals surface area contributed by atoms with Crippen LogP contribution in [0.2, 0.25) is 0 Å². The highest BCUT2D eigenvalue weighted by molar-refractivity contribution is 7.80. The molecule has 1 aliphatic heterocycles. The lowest BCUT2D eigenvalue weighted by molar-refractivity contribution is 0.155. The van der Waals surface area contributed by atoms with Crippen LogP contribution in [0.5, 0.6) is 11.5 Å². The predicted molar refractivity (Wildman–Crippen MR) is 114 cm³/mol. The lowest BCUT2D eigenvalue weighted by atomic mass is 10.2. The molecule has 144 valence electrons. The lowest BCUT2D eigenvalue weighted by Gasteiger charge is -2.36. The first kappa shape index (κ1) is 19.5. The van der Waals surface area contributed by atoms with Crippen molar-refractivity contribution in [1.82, 2.24) is 9.80 Å². The molecule has 1 aliphatic rings. The van der Waals surface area contributed by atoms with Gasteiger partial charge in [-0.1, -0.05) is 12.1 Å². The quantitative estimate of drug-likeness (QED) is 0.768. The van der Waals surface area contributed by atoms with Crippen molar-refractivity contribution >= 4 is 23.0 Å². The van der Waals surface area contributed by atoms with Crippen LogP contribution >= 0.6 is 12.2 Å². The molecule has 0 atom stereocenters. The average molecular weight is 386 g/mol. The number of nitrogens with one attached hydrogen (secondary N) is 1. The number of aryl methyl sites for hydroxylation is 1. The third kappa shape index (κ3) is 5.84. The van der Waals surface area contributed by atoms with Crippen molar-refractivity contribution in [2.45, 2.75) is 6.92 Å². The number of hydrogen-bond donors (Lipinski definition) is 1. The summed E-state index contributed by atoms with van der Waals surface area (Å²) in [5.74, 6) is 1.71. The Morgan fingerprint density at radius 3 is 2.41 bits per heavy atom. The summed E-state index contributed by atoms with van der Waals surface area (Å²) in [6.07, 6.45) is 0. The summed E-state index contributed by atoms with van der Waals surface area (Å²) < 4.78 is 11.0. The second kappa shape index (κ2) is 9.58. The highest BCUT2D eigenvalue weighted by Gasteiger charge is 2.18. The molecule has 5 nitrogen and oxygen atoms in total. The zero-order valence-corrected chi connectivity index (χ0v) is 16.8. The lowest BCUT2D eigenvalue weighted by Crippen LogP contribution is -2.50. The van der Waals surface area contributed by atoms with E-state index in [0.29, 0.717) is 6.61 Å². The van der Waals surface area contributed by atoms with Crippen molar-refractivity contribution in [3.63, 3.8) is 0 Å². The van der Waals surface area contributed by atoms with Crippen molar-refractivity contribution in [1.29, 1.82) is 0 Å². The molecule has 0 radical (unpaired) electrons. The Morgan fingerprint density at radius 2 is 1.74 bits per heavy atom. The molecule has 1 fully saturated rings. The minimum atomic E-state index is 0.679. The minimum Gasteiger partial charge on any atom is -0.497 e. The first-order valence-electron chi connectivity index (χ1n) is 9.26. The Morgan fingerprint density at radius 1 is 1.04 bits per heavy atom. The molecular formula is C21H27N3O2S. The first-order chi connectivity index (χ1) is 13.1. The molecule has 0 saturated carbocycles. The van der Waals surface area contributed by atoms with E-state index in [4.69, 9.17) is 21.7 Å². The molecule has 1 heterocycles. The molecule has 0 spiro atoms. The third-order valence-corrected chi connectivity index (χ3v) is 5.02. The summed E-state index contributed by atoms with van der Waals surface area (Å²) in [5.41, 5.74) is 2.28. The van der Waals surface area contributed by atoms with E-state index in [1.807, 2.05) is 36.4 Å². The first-order valence-corrected chi connectivity index (χ1v) is 9.67. The van der Waals surface area contributed by atoms with Gasteiger partial charge >= 0.3 is 0 Å². The van der Waals surface area contributed by atoms with Crippen LogP contribution in [0.1, 0.15) is 5.56 Å². The van der Waals surface area contributed by atoms with Crippen LogP contribution in [0.25, 0.3) is 0 Å². The number of ether oxygens (including phenoxy) is 2. The number of rotatable bonds is 6. The molecule has 0 unspecified atom stereocenters. The monoisotopic (exact) mass is 385 g/mol. The van der Waals surface area contributed by atoms with Crippen molar-refractivity contribution in [3.05, 3.63) is 54.1 Å². The number of thiocarbonyl (C=S) groups is 1. The SMILES string of the molecule is COc1ccc(OCCN2CCN(C(=S)Nc3cccc(C)c3)CC2)cc1. The van der Waals surface area contributed by atoms with E-state index in [9.17, 15) is 0 Å². The Bertz CT molecular complexity index is 743. The summed E-state index contributed by atoms with van der Waals surface area (Å²) in [5, 5.41) is 4.15. The van der Waals surface area contributed by atoms with Crippen LogP contribution in [0.15, 0.2) is 48.5 Å². The number of piperazine rings is 1. The summed E-state index contributed by atoms with van der Waals surface area (Å²) in [6, 6.07) is 16.0. The van der Waals surface area contributed by atoms with E-state index >= 15 is 0 Å². The Balaban J connectivity index is 1.37. The van der Waals surface area contributed by atoms with Gasteiger partial charge in [-0.2, -0.15) is 0 Å². The number of hydrogen-bond acceptors (Lipinski definition) is 4. The molecule has 0 bridgehead atoms. The van der Waals surface area contributed by atoms with Crippen LogP contribution in [-0.4, -0.2) is 61.4 Å². The van der Waals surface area contributed by atoms with E-state index in [-0.39, 0.29) is 0 Å². The van der Waals surface area contributed by atoms with Gasteiger partial charge in [0.1, 0.15) is 18.1 Å². The Labute approximate surface area is 166 Å². The highest BCUT2D eigenvalue weighted by atomic mass is 32.1. The molecule has 3 rings (SSSR count). The third-order valence-electron chi connectivity index (χ3n) is 4.66. The van der Waals surface area contributed by atoms with Crippen molar-refractivity contribution in [2.75, 3.05) is 51.8 Å². The van der Waals surface area contributed by atoms with Gasteiger partial charge in [0.15, 0.2) is 5.11 Å². The maximum Gasteiger partial charge on any atom is 0.173 e. The topological polar surface area (TPSA) is 37.0 Å². The maximum atomic E-state index is 5.82. The fourth-order valence-corrected chi connectivity index (χ4v) is 3.36. The van der Waals surface area contributed by atoms with Crippen molar-refractivity contribution < 1.29 is 9.47 Å². The molecule has 2 aromatic carbocycles. The molecule has 1 N–H and O–H groups in total. The molecule has 0 aliphatic carbocycles. The second-order valence-corrected chi connectivity index (χ2v) is 7.04. The van der Waals surface area contributed by atoms with Crippen LogP contribution in [0.4, 0.5) is 5.69 Å². The number of nitrogens with zero attached hydrogens (tertiary/aromatic N) is 2. The van der Waals surface area contributed by atoms with Gasteiger partial charge in [-0.05, 0) is 61.1 Å². The van der Waals surface area contributed by atoms with E-state index in [1.54, 1.807) is 7.11 Å². The van der Waals surface area contributed by atoms with Crippen molar-refractivity contribution in [2.24, 2.45) is 0 Å². The molecule has 6 heteroatoms. The standard InChI is InChI=1S/C21H27N3O2S/c1-17-4-3-5-18(16-17)22-21(27)24-12-10-23(11-13-24)14-15-26-20-8-6-19(25-2)7-9-20/h3-9,16H,10-15H2,1-2H3,(H,22,27). The van der Waals surface area contributed by atoms with Crippen LogP contribution < -0.4 is 14.8 Å². The van der Waals surface area contributed by atoms with E-state index in [2.05, 4.69) is 34.2 Å². The van der Waals surface area contributed by atoms with Gasteiger partial charge in [-0.15, -0.1) is 0 Å². The second-order valence-electron chi connectivity index (χ2n) is 6.65. The normalized spacial score (nSPS) is 14.7. The largest absolute Gasteiger partial charge is 0.497 e. The maximum absolute atomic E-state index is 5.82.